The number of aromatic nitrogens is 2. The van der Waals surface area contributed by atoms with Crippen molar-refractivity contribution in [1.29, 1.82) is 0 Å². The van der Waals surface area contributed by atoms with E-state index in [1.165, 1.54) is 24.3 Å². The van der Waals surface area contributed by atoms with E-state index in [2.05, 4.69) is 5.10 Å². The molecule has 0 radical (unpaired) electrons. The number of nitrogens with zero attached hydrogens (tertiary/aromatic N) is 1. The molecule has 0 aliphatic heterocycles. The lowest BCUT2D eigenvalue weighted by atomic mass is 10.1. The number of esters is 1. The van der Waals surface area contributed by atoms with E-state index >= 15 is 0 Å². The Balaban J connectivity index is 1.93. The Bertz CT molecular complexity index is 708. The van der Waals surface area contributed by atoms with E-state index in [1.54, 1.807) is 0 Å². The van der Waals surface area contributed by atoms with Gasteiger partial charge in [-0.15, -0.1) is 0 Å². The van der Waals surface area contributed by atoms with Crippen LogP contribution in [0.2, 0.25) is 0 Å². The fourth-order valence-corrected chi connectivity index (χ4v) is 1.85. The number of hydrogen-bond acceptors (Lipinski definition) is 4. The Morgan fingerprint density at radius 2 is 1.78 bits per heavy atom. The monoisotopic (exact) mass is 327 g/mol. The van der Waals surface area contributed by atoms with Gasteiger partial charge in [0.1, 0.15) is 5.69 Å². The third-order valence-electron chi connectivity index (χ3n) is 3.01. The fourth-order valence-electron chi connectivity index (χ4n) is 1.85. The number of carbonyl (C=O) groups is 2. The van der Waals surface area contributed by atoms with E-state index in [0.29, 0.717) is 0 Å². The molecule has 1 aromatic carbocycles. The van der Waals surface area contributed by atoms with Crippen molar-refractivity contribution >= 4 is 11.9 Å². The van der Waals surface area contributed by atoms with Crippen LogP contribution in [0, 0.1) is 0 Å². The van der Waals surface area contributed by atoms with Crippen molar-refractivity contribution in [2.24, 2.45) is 5.73 Å². The molecule has 2 aromatic rings. The second-order valence-electron chi connectivity index (χ2n) is 4.60. The number of nitrogens with one attached hydrogen (secondary N) is 1. The standard InChI is InChI=1S/C14H12F3N3O3/c15-14(16,17)11-10(7-19-20-11)5-6-23-13(22)9-3-1-8(2-4-9)12(18)21/h1-4,7H,5-6H2,(H2,18,21)(H,19,20). The number of amides is 1. The van der Waals surface area contributed by atoms with E-state index in [0.717, 1.165) is 6.20 Å². The van der Waals surface area contributed by atoms with E-state index in [-0.39, 0.29) is 29.7 Å². The fraction of sp³-hybridized carbons (Fsp3) is 0.214. The van der Waals surface area contributed by atoms with Gasteiger partial charge in [-0.1, -0.05) is 0 Å². The van der Waals surface area contributed by atoms with Gasteiger partial charge in [0, 0.05) is 17.5 Å². The van der Waals surface area contributed by atoms with Gasteiger partial charge in [0.2, 0.25) is 5.91 Å². The largest absolute Gasteiger partial charge is 0.462 e. The second kappa shape index (κ2) is 6.51. The number of primary amides is 1. The summed E-state index contributed by atoms with van der Waals surface area (Å²) in [7, 11) is 0. The molecule has 9 heteroatoms. The molecule has 0 saturated heterocycles. The van der Waals surface area contributed by atoms with Crippen molar-refractivity contribution in [3.05, 3.63) is 52.8 Å². The number of benzene rings is 1. The van der Waals surface area contributed by atoms with Crippen molar-refractivity contribution < 1.29 is 27.5 Å². The van der Waals surface area contributed by atoms with E-state index in [1.807, 2.05) is 5.10 Å². The zero-order chi connectivity index (χ0) is 17.0. The maximum atomic E-state index is 12.6. The number of hydrogen-bond donors (Lipinski definition) is 2. The van der Waals surface area contributed by atoms with Gasteiger partial charge in [0.25, 0.3) is 0 Å². The van der Waals surface area contributed by atoms with Crippen molar-refractivity contribution in [1.82, 2.24) is 10.2 Å². The zero-order valence-electron chi connectivity index (χ0n) is 11.7. The summed E-state index contributed by atoms with van der Waals surface area (Å²) in [6.07, 6.45) is -3.63. The van der Waals surface area contributed by atoms with E-state index in [4.69, 9.17) is 10.5 Å². The van der Waals surface area contributed by atoms with Crippen LogP contribution in [0.4, 0.5) is 13.2 Å². The van der Waals surface area contributed by atoms with Gasteiger partial charge in [-0.2, -0.15) is 18.3 Å². The summed E-state index contributed by atoms with van der Waals surface area (Å²) in [5.41, 5.74) is 4.42. The van der Waals surface area contributed by atoms with Gasteiger partial charge >= 0.3 is 12.1 Å². The van der Waals surface area contributed by atoms with Crippen LogP contribution in [0.25, 0.3) is 0 Å². The van der Waals surface area contributed by atoms with Crippen molar-refractivity contribution in [3.8, 4) is 0 Å². The van der Waals surface area contributed by atoms with Crippen molar-refractivity contribution in [2.45, 2.75) is 12.6 Å². The average Bonchev–Trinajstić information content (AvgIpc) is 2.96. The normalized spacial score (nSPS) is 11.3. The number of rotatable bonds is 5. The molecule has 2 rings (SSSR count). The third-order valence-corrected chi connectivity index (χ3v) is 3.01. The summed E-state index contributed by atoms with van der Waals surface area (Å²) in [5, 5.41) is 5.21. The minimum Gasteiger partial charge on any atom is -0.462 e. The number of H-pyrrole nitrogens is 1. The highest BCUT2D eigenvalue weighted by Crippen LogP contribution is 2.30. The molecule has 6 nitrogen and oxygen atoms in total. The zero-order valence-corrected chi connectivity index (χ0v) is 11.7. The Kier molecular flexibility index (Phi) is 4.68. The Morgan fingerprint density at radius 1 is 1.17 bits per heavy atom. The van der Waals surface area contributed by atoms with Crippen molar-refractivity contribution in [2.75, 3.05) is 6.61 Å². The molecule has 0 spiro atoms. The molecule has 0 bridgehead atoms. The van der Waals surface area contributed by atoms with Crippen LogP contribution in [-0.2, 0) is 17.3 Å². The van der Waals surface area contributed by atoms with Gasteiger partial charge in [-0.3, -0.25) is 9.89 Å². The van der Waals surface area contributed by atoms with Crippen LogP contribution >= 0.6 is 0 Å². The molecule has 1 amide bonds. The number of aromatic amines is 1. The van der Waals surface area contributed by atoms with Crippen LogP contribution in [0.5, 0.6) is 0 Å². The molecule has 0 aliphatic rings. The first-order valence-corrected chi connectivity index (χ1v) is 6.45. The molecule has 0 unspecified atom stereocenters. The minimum atomic E-state index is -4.54. The quantitative estimate of drug-likeness (QED) is 0.820. The lowest BCUT2D eigenvalue weighted by molar-refractivity contribution is -0.141. The molecule has 0 fully saturated rings. The smallest absolute Gasteiger partial charge is 0.433 e. The number of halogens is 3. The first-order valence-electron chi connectivity index (χ1n) is 6.45. The summed E-state index contributed by atoms with van der Waals surface area (Å²) < 4.78 is 42.8. The van der Waals surface area contributed by atoms with E-state index < -0.39 is 23.7 Å². The average molecular weight is 327 g/mol. The van der Waals surface area contributed by atoms with Crippen LogP contribution in [0.3, 0.4) is 0 Å². The third kappa shape index (κ3) is 4.09. The summed E-state index contributed by atoms with van der Waals surface area (Å²) in [6, 6.07) is 5.41. The van der Waals surface area contributed by atoms with Crippen molar-refractivity contribution in [3.63, 3.8) is 0 Å². The first kappa shape index (κ1) is 16.5. The molecule has 23 heavy (non-hydrogen) atoms. The molecule has 0 saturated carbocycles. The van der Waals surface area contributed by atoms with Crippen LogP contribution in [0.15, 0.2) is 30.5 Å². The SMILES string of the molecule is NC(=O)c1ccc(C(=O)OCCc2cn[nH]c2C(F)(F)F)cc1. The maximum Gasteiger partial charge on any atom is 0.433 e. The Morgan fingerprint density at radius 3 is 2.35 bits per heavy atom. The molecule has 3 N–H and O–H groups in total. The highest BCUT2D eigenvalue weighted by Gasteiger charge is 2.35. The van der Waals surface area contributed by atoms with Gasteiger partial charge in [-0.25, -0.2) is 4.79 Å². The Hall–Kier alpha value is -2.84. The Labute approximate surface area is 128 Å². The molecule has 0 atom stereocenters. The highest BCUT2D eigenvalue weighted by molar-refractivity contribution is 5.95. The molecule has 1 aromatic heterocycles. The van der Waals surface area contributed by atoms with Crippen LogP contribution < -0.4 is 5.73 Å². The minimum absolute atomic E-state index is 0.0885. The summed E-state index contributed by atoms with van der Waals surface area (Å²) in [4.78, 5) is 22.7. The van der Waals surface area contributed by atoms with Crippen LogP contribution in [-0.4, -0.2) is 28.7 Å². The maximum absolute atomic E-state index is 12.6. The lowest BCUT2D eigenvalue weighted by Gasteiger charge is -2.08. The van der Waals surface area contributed by atoms with Gasteiger partial charge in [0.15, 0.2) is 0 Å². The molecular weight excluding hydrogens is 315 g/mol. The lowest BCUT2D eigenvalue weighted by Crippen LogP contribution is -2.13. The molecular formula is C14H12F3N3O3. The number of nitrogens with two attached hydrogens (primary N) is 1. The summed E-state index contributed by atoms with van der Waals surface area (Å²) in [5.74, 6) is -1.34. The van der Waals surface area contributed by atoms with E-state index in [9.17, 15) is 22.8 Å². The van der Waals surface area contributed by atoms with Gasteiger partial charge < -0.3 is 10.5 Å². The predicted molar refractivity (Wildman–Crippen MR) is 72.5 cm³/mol. The van der Waals surface area contributed by atoms with Crippen LogP contribution in [0.1, 0.15) is 32.0 Å². The molecule has 122 valence electrons. The number of ether oxygens (including phenoxy) is 1. The number of carbonyl (C=O) groups excluding carboxylic acids is 2. The molecule has 0 aliphatic carbocycles. The summed E-state index contributed by atoms with van der Waals surface area (Å²) >= 11 is 0. The number of alkyl halides is 3. The highest BCUT2D eigenvalue weighted by atomic mass is 19.4. The topological polar surface area (TPSA) is 98.1 Å². The summed E-state index contributed by atoms with van der Waals surface area (Å²) in [6.45, 7) is -0.237. The molecule has 1 heterocycles. The predicted octanol–water partition coefficient (Wildman–Crippen LogP) is 1.93. The second-order valence-corrected chi connectivity index (χ2v) is 4.60. The van der Waals surface area contributed by atoms with Gasteiger partial charge in [-0.05, 0) is 24.3 Å². The van der Waals surface area contributed by atoms with Gasteiger partial charge in [0.05, 0.1) is 18.4 Å². The first-order chi connectivity index (χ1) is 10.8.